The van der Waals surface area contributed by atoms with E-state index < -0.39 is 0 Å². The molecule has 2 aromatic rings. The summed E-state index contributed by atoms with van der Waals surface area (Å²) in [6, 6.07) is 2.12. The monoisotopic (exact) mass is 513 g/mol. The van der Waals surface area contributed by atoms with Gasteiger partial charge in [0.1, 0.15) is 10.0 Å². The maximum Gasteiger partial charge on any atom is 0.114 e. The topological polar surface area (TPSA) is 88.1 Å². The summed E-state index contributed by atoms with van der Waals surface area (Å²) >= 11 is 1.62. The van der Waals surface area contributed by atoms with E-state index in [0.29, 0.717) is 8.35 Å². The van der Waals surface area contributed by atoms with Crippen LogP contribution in [0.25, 0.3) is 0 Å². The van der Waals surface area contributed by atoms with Crippen molar-refractivity contribution in [2.75, 3.05) is 0 Å². The van der Waals surface area contributed by atoms with Crippen molar-refractivity contribution in [2.24, 2.45) is 20.4 Å². The van der Waals surface area contributed by atoms with E-state index in [1.807, 2.05) is 48.5 Å². The van der Waals surface area contributed by atoms with Crippen LogP contribution in [0.2, 0.25) is 0 Å². The van der Waals surface area contributed by atoms with Crippen LogP contribution in [0.4, 0.5) is 0 Å². The average Bonchev–Trinajstić information content (AvgIpc) is 3.59. The second kappa shape index (κ2) is 16.2. The van der Waals surface area contributed by atoms with Gasteiger partial charge in [-0.2, -0.15) is 20.4 Å². The minimum absolute atomic E-state index is 0.712. The van der Waals surface area contributed by atoms with Crippen LogP contribution >= 0.6 is 19.7 Å². The summed E-state index contributed by atoms with van der Waals surface area (Å²) in [5.74, 6) is 0. The Morgan fingerprint density at radius 2 is 1.00 bits per heavy atom. The maximum atomic E-state index is 4.17. The summed E-state index contributed by atoms with van der Waals surface area (Å²) < 4.78 is 4.17. The van der Waals surface area contributed by atoms with Crippen LogP contribution in [-0.2, 0) is 0 Å². The Kier molecular flexibility index (Phi) is 14.1. The molecule has 2 aliphatic heterocycles. The molecule has 0 saturated carbocycles. The van der Waals surface area contributed by atoms with Gasteiger partial charge in [0.15, 0.2) is 0 Å². The fourth-order valence-electron chi connectivity index (χ4n) is 3.02. The molecule has 1 aliphatic carbocycles. The molecule has 35 heavy (non-hydrogen) atoms. The molecule has 2 aromatic heterocycles. The summed E-state index contributed by atoms with van der Waals surface area (Å²) in [6.45, 7) is 20.3. The number of hydrogen-bond donors (Lipinski definition) is 0. The van der Waals surface area contributed by atoms with Gasteiger partial charge >= 0.3 is 0 Å². The first-order valence-electron chi connectivity index (χ1n) is 11.7. The van der Waals surface area contributed by atoms with Crippen LogP contribution in [0.1, 0.15) is 81.8 Å². The summed E-state index contributed by atoms with van der Waals surface area (Å²) in [4.78, 5) is 0. The maximum absolute atomic E-state index is 4.17. The molecule has 0 radical (unpaired) electrons. The molecule has 3 aliphatic rings. The smallest absolute Gasteiger partial charge is 0.114 e. The second-order valence-corrected chi connectivity index (χ2v) is 11.6. The highest BCUT2D eigenvalue weighted by Crippen LogP contribution is 2.16. The van der Waals surface area contributed by atoms with Crippen LogP contribution in [0.15, 0.2) is 49.8 Å². The predicted octanol–water partition coefficient (Wildman–Crippen LogP) is 7.62. The number of nitrogens with zero attached hydrogens (tertiary/aromatic N) is 7. The van der Waals surface area contributed by atoms with Crippen molar-refractivity contribution in [2.45, 2.75) is 88.5 Å². The first kappa shape index (κ1) is 30.5. The lowest BCUT2D eigenvalue weighted by Crippen LogP contribution is -1.90. The lowest BCUT2D eigenvalue weighted by Gasteiger charge is -1.87. The molecule has 0 bridgehead atoms. The van der Waals surface area contributed by atoms with Crippen LogP contribution in [0, 0.1) is 27.7 Å². The Morgan fingerprint density at radius 1 is 0.600 bits per heavy atom. The van der Waals surface area contributed by atoms with Crippen LogP contribution in [-0.4, -0.2) is 37.8 Å². The third-order valence-corrected chi connectivity index (χ3v) is 6.19. The number of aromatic nitrogens is 3. The van der Waals surface area contributed by atoms with Crippen molar-refractivity contribution in [3.05, 3.63) is 50.4 Å². The highest BCUT2D eigenvalue weighted by Gasteiger charge is 2.00. The van der Waals surface area contributed by atoms with Crippen LogP contribution < -0.4 is 0 Å². The molecule has 0 N–H and O–H groups in total. The van der Waals surface area contributed by atoms with E-state index in [1.165, 1.54) is 28.6 Å². The van der Waals surface area contributed by atoms with E-state index in [1.54, 1.807) is 11.3 Å². The Labute approximate surface area is 216 Å². The molecule has 9 heteroatoms. The van der Waals surface area contributed by atoms with Crippen molar-refractivity contribution >= 4 is 42.5 Å². The summed E-state index contributed by atoms with van der Waals surface area (Å²) in [5.41, 5.74) is 8.64. The highest BCUT2D eigenvalue weighted by atomic mass is 32.1. The number of hydrogen-bond acceptors (Lipinski definition) is 8. The van der Waals surface area contributed by atoms with Gasteiger partial charge in [0.25, 0.3) is 0 Å². The van der Waals surface area contributed by atoms with Gasteiger partial charge in [-0.3, -0.25) is 0 Å². The molecule has 0 amide bonds. The summed E-state index contributed by atoms with van der Waals surface area (Å²) in [5, 5.41) is 26.3. The lowest BCUT2D eigenvalue weighted by molar-refractivity contribution is 1.02. The summed E-state index contributed by atoms with van der Waals surface area (Å²) in [7, 11) is 0.712. The van der Waals surface area contributed by atoms with Gasteiger partial charge in [0.2, 0.25) is 0 Å². The van der Waals surface area contributed by atoms with Gasteiger partial charge in [-0.25, -0.2) is 4.75 Å². The molecular formula is C26H40N7PS. The van der Waals surface area contributed by atoms with E-state index in [0.717, 1.165) is 45.7 Å². The summed E-state index contributed by atoms with van der Waals surface area (Å²) in [6.07, 6.45) is 7.49. The molecule has 0 saturated heterocycles. The van der Waals surface area contributed by atoms with Gasteiger partial charge in [-0.15, -0.1) is 21.5 Å². The standard InChI is InChI=1S/C7H10.2C5H8N2.C5H8NP.C4H6N2S/c1-6-3-4-7(2)5-6;3*1-4-3-5(2)7-6-4;1-3-5-6-4(2)7-3/h3-4H,5H2,1-2H3;2*3H2,1-2H3;3,7H,1-2H3;1-2H3. The van der Waals surface area contributed by atoms with Crippen molar-refractivity contribution < 1.29 is 0 Å². The molecule has 4 heterocycles. The van der Waals surface area contributed by atoms with Gasteiger partial charge in [-0.05, 0) is 95.4 Å². The first-order valence-corrected chi connectivity index (χ1v) is 13.4. The van der Waals surface area contributed by atoms with Gasteiger partial charge in [0, 0.05) is 41.4 Å². The molecule has 1 atom stereocenters. The Hall–Kier alpha value is -2.57. The zero-order valence-corrected chi connectivity index (χ0v) is 24.7. The molecule has 7 nitrogen and oxygen atoms in total. The van der Waals surface area contributed by atoms with Gasteiger partial charge in [-0.1, -0.05) is 23.3 Å². The fourth-order valence-corrected chi connectivity index (χ4v) is 4.30. The molecule has 0 spiro atoms. The van der Waals surface area contributed by atoms with Gasteiger partial charge < -0.3 is 0 Å². The Balaban J connectivity index is 0.000000219. The zero-order chi connectivity index (χ0) is 26.4. The van der Waals surface area contributed by atoms with Gasteiger partial charge in [0.05, 0.1) is 0 Å². The van der Waals surface area contributed by atoms with E-state index in [2.05, 4.69) is 74.3 Å². The minimum Gasteiger partial charge on any atom is -0.246 e. The molecule has 5 rings (SSSR count). The molecule has 0 aromatic carbocycles. The van der Waals surface area contributed by atoms with E-state index in [-0.39, 0.29) is 0 Å². The average molecular weight is 514 g/mol. The Morgan fingerprint density at radius 3 is 1.11 bits per heavy atom. The number of allylic oxidation sites excluding steroid dienone is 4. The van der Waals surface area contributed by atoms with Crippen LogP contribution in [0.5, 0.6) is 0 Å². The zero-order valence-electron chi connectivity index (χ0n) is 22.9. The lowest BCUT2D eigenvalue weighted by atomic mass is 10.2. The normalized spacial score (nSPS) is 15.5. The van der Waals surface area contributed by atoms with E-state index in [9.17, 15) is 0 Å². The van der Waals surface area contributed by atoms with E-state index in [4.69, 9.17) is 0 Å². The fraction of sp³-hybridized carbons (Fsp3) is 0.500. The third-order valence-electron chi connectivity index (χ3n) is 4.48. The largest absolute Gasteiger partial charge is 0.246 e. The third kappa shape index (κ3) is 15.1. The van der Waals surface area contributed by atoms with E-state index >= 15 is 0 Å². The Bertz CT molecular complexity index is 930. The highest BCUT2D eigenvalue weighted by molar-refractivity contribution is 7.26. The number of rotatable bonds is 0. The van der Waals surface area contributed by atoms with Crippen molar-refractivity contribution in [1.82, 2.24) is 14.9 Å². The van der Waals surface area contributed by atoms with Crippen molar-refractivity contribution in [1.29, 1.82) is 0 Å². The molecule has 0 fully saturated rings. The molecule has 190 valence electrons. The van der Waals surface area contributed by atoms with Crippen LogP contribution in [0.3, 0.4) is 0 Å². The second-order valence-electron chi connectivity index (χ2n) is 8.93. The minimum atomic E-state index is 0.712. The SMILES string of the molecule is CC1=CC=C(C)C1.CC1=NN=C(C)C1.CC1=NN=C(C)C1.Cc1cc(C)[pH]n1.Cc1nnc(C)s1. The predicted molar refractivity (Wildman–Crippen MR) is 156 cm³/mol. The number of aryl methyl sites for hydroxylation is 4. The quantitative estimate of drug-likeness (QED) is 0.363. The molecular weight excluding hydrogens is 473 g/mol. The van der Waals surface area contributed by atoms with Crippen molar-refractivity contribution in [3.63, 3.8) is 0 Å². The molecule has 1 unspecified atom stereocenters. The van der Waals surface area contributed by atoms with Crippen molar-refractivity contribution in [3.8, 4) is 0 Å². The first-order chi connectivity index (χ1) is 16.4.